The molecule has 0 aliphatic rings. The van der Waals surface area contributed by atoms with E-state index < -0.39 is 12.1 Å². The molecule has 27 heavy (non-hydrogen) atoms. The van der Waals surface area contributed by atoms with E-state index >= 15 is 0 Å². The Morgan fingerprint density at radius 3 is 2.52 bits per heavy atom. The highest BCUT2D eigenvalue weighted by atomic mass is 16.5. The van der Waals surface area contributed by atoms with E-state index in [0.717, 1.165) is 10.8 Å². The van der Waals surface area contributed by atoms with Gasteiger partial charge in [-0.15, -0.1) is 0 Å². The van der Waals surface area contributed by atoms with Crippen LogP contribution in [0.15, 0.2) is 66.7 Å². The van der Waals surface area contributed by atoms with Gasteiger partial charge in [0.05, 0.1) is 12.2 Å². The molecule has 0 fully saturated rings. The van der Waals surface area contributed by atoms with Crippen molar-refractivity contribution >= 4 is 28.3 Å². The van der Waals surface area contributed by atoms with Crippen LogP contribution in [0.2, 0.25) is 0 Å². The van der Waals surface area contributed by atoms with Crippen molar-refractivity contribution in [3.63, 3.8) is 0 Å². The van der Waals surface area contributed by atoms with Gasteiger partial charge in [-0.1, -0.05) is 36.4 Å². The third kappa shape index (κ3) is 4.64. The second-order valence-electron chi connectivity index (χ2n) is 6.06. The first-order chi connectivity index (χ1) is 13.1. The number of amides is 1. The first-order valence-corrected chi connectivity index (χ1v) is 8.80. The summed E-state index contributed by atoms with van der Waals surface area (Å²) in [6, 6.07) is 20.3. The molecule has 1 amide bonds. The minimum atomic E-state index is -0.728. The molecule has 0 spiro atoms. The number of fused-ring (bicyclic) bond motifs is 1. The van der Waals surface area contributed by atoms with E-state index in [1.54, 1.807) is 38.1 Å². The topological polar surface area (TPSA) is 64.6 Å². The fraction of sp³-hybridized carbons (Fsp3) is 0.182. The zero-order valence-electron chi connectivity index (χ0n) is 15.3. The van der Waals surface area contributed by atoms with Crippen molar-refractivity contribution < 1.29 is 19.1 Å². The zero-order chi connectivity index (χ0) is 19.2. The molecule has 0 aliphatic carbocycles. The molecule has 1 N–H and O–H groups in total. The summed E-state index contributed by atoms with van der Waals surface area (Å²) in [7, 11) is 0. The van der Waals surface area contributed by atoms with E-state index in [4.69, 9.17) is 9.47 Å². The van der Waals surface area contributed by atoms with Crippen molar-refractivity contribution in [3.05, 3.63) is 72.3 Å². The summed E-state index contributed by atoms with van der Waals surface area (Å²) in [5.41, 5.74) is 1.09. The van der Waals surface area contributed by atoms with Crippen molar-refractivity contribution in [2.24, 2.45) is 0 Å². The first kappa shape index (κ1) is 18.5. The quantitative estimate of drug-likeness (QED) is 0.658. The van der Waals surface area contributed by atoms with Gasteiger partial charge in [0.1, 0.15) is 5.75 Å². The number of carbonyl (C=O) groups excluding carboxylic acids is 2. The summed E-state index contributed by atoms with van der Waals surface area (Å²) in [6.07, 6.45) is -0.728. The standard InChI is InChI=1S/C22H21NO4/c1-3-26-22(25)18-9-6-10-20(14-18)27-15(2)21(24)23-19-12-11-16-7-4-5-8-17(16)13-19/h4-15H,3H2,1-2H3,(H,23,24)/t15-/m0/s1. The number of rotatable bonds is 6. The van der Waals surface area contributed by atoms with Crippen LogP contribution in [-0.4, -0.2) is 24.6 Å². The van der Waals surface area contributed by atoms with Gasteiger partial charge in [-0.05, 0) is 55.0 Å². The molecule has 0 unspecified atom stereocenters. The van der Waals surface area contributed by atoms with Gasteiger partial charge in [0, 0.05) is 5.69 Å². The Morgan fingerprint density at radius 1 is 0.963 bits per heavy atom. The van der Waals surface area contributed by atoms with E-state index in [1.807, 2.05) is 42.5 Å². The van der Waals surface area contributed by atoms with E-state index in [1.165, 1.54) is 0 Å². The molecule has 1 atom stereocenters. The monoisotopic (exact) mass is 363 g/mol. The molecule has 0 aliphatic heterocycles. The van der Waals surface area contributed by atoms with Crippen molar-refractivity contribution in [2.75, 3.05) is 11.9 Å². The summed E-state index contributed by atoms with van der Waals surface area (Å²) in [5, 5.41) is 5.01. The minimum absolute atomic E-state index is 0.271. The Morgan fingerprint density at radius 2 is 1.74 bits per heavy atom. The largest absolute Gasteiger partial charge is 0.481 e. The number of esters is 1. The fourth-order valence-corrected chi connectivity index (χ4v) is 2.68. The lowest BCUT2D eigenvalue weighted by Gasteiger charge is -2.15. The summed E-state index contributed by atoms with van der Waals surface area (Å²) >= 11 is 0. The van der Waals surface area contributed by atoms with Gasteiger partial charge in [0.2, 0.25) is 0 Å². The summed E-state index contributed by atoms with van der Waals surface area (Å²) in [6.45, 7) is 3.71. The normalized spacial score (nSPS) is 11.6. The van der Waals surface area contributed by atoms with Crippen LogP contribution in [0.4, 0.5) is 5.69 Å². The van der Waals surface area contributed by atoms with Crippen molar-refractivity contribution in [2.45, 2.75) is 20.0 Å². The van der Waals surface area contributed by atoms with E-state index in [0.29, 0.717) is 23.6 Å². The van der Waals surface area contributed by atoms with Gasteiger partial charge in [-0.2, -0.15) is 0 Å². The lowest BCUT2D eigenvalue weighted by molar-refractivity contribution is -0.122. The minimum Gasteiger partial charge on any atom is -0.481 e. The van der Waals surface area contributed by atoms with Crippen LogP contribution in [0.25, 0.3) is 10.8 Å². The lowest BCUT2D eigenvalue weighted by Crippen LogP contribution is -2.30. The van der Waals surface area contributed by atoms with Crippen molar-refractivity contribution in [1.29, 1.82) is 0 Å². The first-order valence-electron chi connectivity index (χ1n) is 8.80. The molecule has 5 heteroatoms. The van der Waals surface area contributed by atoms with Gasteiger partial charge in [0.15, 0.2) is 6.10 Å². The molecule has 0 radical (unpaired) electrons. The van der Waals surface area contributed by atoms with Crippen LogP contribution in [0.5, 0.6) is 5.75 Å². The summed E-state index contributed by atoms with van der Waals surface area (Å²) in [4.78, 5) is 24.3. The van der Waals surface area contributed by atoms with Gasteiger partial charge >= 0.3 is 5.97 Å². The van der Waals surface area contributed by atoms with Crippen LogP contribution in [0.1, 0.15) is 24.2 Å². The Bertz CT molecular complexity index is 967. The van der Waals surface area contributed by atoms with E-state index in [9.17, 15) is 9.59 Å². The van der Waals surface area contributed by atoms with Gasteiger partial charge in [-0.25, -0.2) is 4.79 Å². The van der Waals surface area contributed by atoms with Crippen LogP contribution in [-0.2, 0) is 9.53 Å². The van der Waals surface area contributed by atoms with Crippen LogP contribution < -0.4 is 10.1 Å². The predicted octanol–water partition coefficient (Wildman–Crippen LogP) is 4.42. The Balaban J connectivity index is 1.66. The highest BCUT2D eigenvalue weighted by Crippen LogP contribution is 2.20. The Kier molecular flexibility index (Phi) is 5.71. The molecule has 0 saturated carbocycles. The number of carbonyl (C=O) groups is 2. The maximum atomic E-state index is 12.4. The fourth-order valence-electron chi connectivity index (χ4n) is 2.68. The number of nitrogens with one attached hydrogen (secondary N) is 1. The predicted molar refractivity (Wildman–Crippen MR) is 105 cm³/mol. The number of anilines is 1. The second-order valence-corrected chi connectivity index (χ2v) is 6.06. The van der Waals surface area contributed by atoms with Crippen LogP contribution in [0, 0.1) is 0 Å². The maximum Gasteiger partial charge on any atom is 0.338 e. The molecule has 3 aromatic rings. The highest BCUT2D eigenvalue weighted by molar-refractivity contribution is 5.96. The molecule has 0 bridgehead atoms. The smallest absolute Gasteiger partial charge is 0.338 e. The number of benzene rings is 3. The lowest BCUT2D eigenvalue weighted by atomic mass is 10.1. The van der Waals surface area contributed by atoms with Crippen LogP contribution in [0.3, 0.4) is 0 Å². The van der Waals surface area contributed by atoms with E-state index in [-0.39, 0.29) is 5.91 Å². The highest BCUT2D eigenvalue weighted by Gasteiger charge is 2.16. The SMILES string of the molecule is CCOC(=O)c1cccc(O[C@@H](C)C(=O)Nc2ccc3ccccc3c2)c1. The Labute approximate surface area is 157 Å². The van der Waals surface area contributed by atoms with Crippen molar-refractivity contribution in [1.82, 2.24) is 0 Å². The third-order valence-corrected chi connectivity index (χ3v) is 4.04. The van der Waals surface area contributed by atoms with Gasteiger partial charge in [0.25, 0.3) is 5.91 Å². The molecular weight excluding hydrogens is 342 g/mol. The van der Waals surface area contributed by atoms with Crippen molar-refractivity contribution in [3.8, 4) is 5.75 Å². The summed E-state index contributed by atoms with van der Waals surface area (Å²) in [5.74, 6) is -0.259. The summed E-state index contributed by atoms with van der Waals surface area (Å²) < 4.78 is 10.7. The molecule has 0 heterocycles. The van der Waals surface area contributed by atoms with Gasteiger partial charge in [-0.3, -0.25) is 4.79 Å². The van der Waals surface area contributed by atoms with Gasteiger partial charge < -0.3 is 14.8 Å². The molecule has 138 valence electrons. The number of ether oxygens (including phenoxy) is 2. The number of hydrogen-bond donors (Lipinski definition) is 1. The average Bonchev–Trinajstić information content (AvgIpc) is 2.68. The molecule has 3 aromatic carbocycles. The maximum absolute atomic E-state index is 12.4. The zero-order valence-corrected chi connectivity index (χ0v) is 15.3. The second kappa shape index (κ2) is 8.36. The number of hydrogen-bond acceptors (Lipinski definition) is 4. The van der Waals surface area contributed by atoms with E-state index in [2.05, 4.69) is 5.32 Å². The molecular formula is C22H21NO4. The molecule has 3 rings (SSSR count). The third-order valence-electron chi connectivity index (χ3n) is 4.04. The molecule has 0 saturated heterocycles. The molecule has 5 nitrogen and oxygen atoms in total. The molecule has 0 aromatic heterocycles. The average molecular weight is 363 g/mol. The van der Waals surface area contributed by atoms with Crippen LogP contribution >= 0.6 is 0 Å². The Hall–Kier alpha value is -3.34.